The summed E-state index contributed by atoms with van der Waals surface area (Å²) in [5.74, 6) is 0.774. The van der Waals surface area contributed by atoms with Crippen LogP contribution in [0.15, 0.2) is 24.3 Å². The zero-order chi connectivity index (χ0) is 14.3. The SMILES string of the molecule is CCOc1ccc(C(CCCC(F)(F)F)NC)cc1. The van der Waals surface area contributed by atoms with E-state index in [2.05, 4.69) is 5.32 Å². The van der Waals surface area contributed by atoms with Crippen LogP contribution in [0.3, 0.4) is 0 Å². The van der Waals surface area contributed by atoms with Gasteiger partial charge in [0.25, 0.3) is 0 Å². The molecule has 0 radical (unpaired) electrons. The first-order valence-electron chi connectivity index (χ1n) is 6.43. The van der Waals surface area contributed by atoms with Crippen LogP contribution in [0, 0.1) is 0 Å². The summed E-state index contributed by atoms with van der Waals surface area (Å²) >= 11 is 0. The van der Waals surface area contributed by atoms with E-state index in [1.54, 1.807) is 7.05 Å². The first-order valence-corrected chi connectivity index (χ1v) is 6.43. The molecular formula is C14H20F3NO. The first kappa shape index (κ1) is 15.8. The molecule has 1 N–H and O–H groups in total. The van der Waals surface area contributed by atoms with E-state index in [-0.39, 0.29) is 12.5 Å². The van der Waals surface area contributed by atoms with E-state index in [9.17, 15) is 13.2 Å². The van der Waals surface area contributed by atoms with Crippen LogP contribution in [0.25, 0.3) is 0 Å². The molecule has 108 valence electrons. The van der Waals surface area contributed by atoms with Gasteiger partial charge < -0.3 is 10.1 Å². The molecule has 1 rings (SSSR count). The second-order valence-electron chi connectivity index (χ2n) is 4.35. The topological polar surface area (TPSA) is 21.3 Å². The Bertz CT molecular complexity index is 362. The number of rotatable bonds is 7. The van der Waals surface area contributed by atoms with Crippen LogP contribution in [-0.4, -0.2) is 19.8 Å². The number of alkyl halides is 3. The minimum atomic E-state index is -4.07. The predicted octanol–water partition coefficient (Wildman–Crippen LogP) is 4.08. The monoisotopic (exact) mass is 275 g/mol. The summed E-state index contributed by atoms with van der Waals surface area (Å²) in [6, 6.07) is 7.40. The van der Waals surface area contributed by atoms with Gasteiger partial charge in [0, 0.05) is 12.5 Å². The van der Waals surface area contributed by atoms with Gasteiger partial charge in [-0.05, 0) is 44.5 Å². The molecular weight excluding hydrogens is 255 g/mol. The summed E-state index contributed by atoms with van der Waals surface area (Å²) in [4.78, 5) is 0. The van der Waals surface area contributed by atoms with Gasteiger partial charge in [-0.2, -0.15) is 13.2 Å². The van der Waals surface area contributed by atoms with E-state index in [1.165, 1.54) is 0 Å². The summed E-state index contributed by atoms with van der Waals surface area (Å²) < 4.78 is 41.7. The van der Waals surface area contributed by atoms with Crippen LogP contribution in [0.1, 0.15) is 37.8 Å². The fraction of sp³-hybridized carbons (Fsp3) is 0.571. The summed E-state index contributed by atoms with van der Waals surface area (Å²) in [5.41, 5.74) is 0.980. The maximum Gasteiger partial charge on any atom is 0.389 e. The normalized spacial score (nSPS) is 13.3. The van der Waals surface area contributed by atoms with Gasteiger partial charge in [-0.1, -0.05) is 12.1 Å². The molecule has 0 heterocycles. The Kier molecular flexibility index (Phi) is 6.15. The van der Waals surface area contributed by atoms with Crippen molar-refractivity contribution in [3.8, 4) is 5.75 Å². The van der Waals surface area contributed by atoms with E-state index in [0.717, 1.165) is 11.3 Å². The van der Waals surface area contributed by atoms with Crippen molar-refractivity contribution in [3.05, 3.63) is 29.8 Å². The summed E-state index contributed by atoms with van der Waals surface area (Å²) in [6.45, 7) is 2.50. The van der Waals surface area contributed by atoms with Crippen LogP contribution in [-0.2, 0) is 0 Å². The fourth-order valence-electron chi connectivity index (χ4n) is 1.95. The number of benzene rings is 1. The molecule has 0 spiro atoms. The largest absolute Gasteiger partial charge is 0.494 e. The van der Waals surface area contributed by atoms with E-state index in [0.29, 0.717) is 13.0 Å². The number of hydrogen-bond acceptors (Lipinski definition) is 2. The summed E-state index contributed by atoms with van der Waals surface area (Å²) in [6.07, 6.45) is -4.22. The Hall–Kier alpha value is -1.23. The highest BCUT2D eigenvalue weighted by molar-refractivity contribution is 5.29. The second kappa shape index (κ2) is 7.38. The molecule has 1 aromatic rings. The minimum Gasteiger partial charge on any atom is -0.494 e. The first-order chi connectivity index (χ1) is 8.96. The maximum absolute atomic E-state index is 12.1. The van der Waals surface area contributed by atoms with Crippen molar-refractivity contribution in [2.24, 2.45) is 0 Å². The molecule has 2 nitrogen and oxygen atoms in total. The molecule has 0 amide bonds. The van der Waals surface area contributed by atoms with Gasteiger partial charge in [-0.3, -0.25) is 0 Å². The number of nitrogens with one attached hydrogen (secondary N) is 1. The van der Waals surface area contributed by atoms with Crippen molar-refractivity contribution < 1.29 is 17.9 Å². The van der Waals surface area contributed by atoms with Gasteiger partial charge in [-0.15, -0.1) is 0 Å². The highest BCUT2D eigenvalue weighted by Gasteiger charge is 2.26. The Morgan fingerprint density at radius 2 is 1.84 bits per heavy atom. The minimum absolute atomic E-state index is 0.0574. The summed E-state index contributed by atoms with van der Waals surface area (Å²) in [5, 5.41) is 3.05. The Morgan fingerprint density at radius 1 is 1.21 bits per heavy atom. The molecule has 5 heteroatoms. The third-order valence-electron chi connectivity index (χ3n) is 2.89. The van der Waals surface area contributed by atoms with Crippen molar-refractivity contribution in [1.82, 2.24) is 5.32 Å². The molecule has 0 saturated heterocycles. The molecule has 0 bridgehead atoms. The lowest BCUT2D eigenvalue weighted by molar-refractivity contribution is -0.135. The second-order valence-corrected chi connectivity index (χ2v) is 4.35. The van der Waals surface area contributed by atoms with E-state index in [4.69, 9.17) is 4.74 Å². The van der Waals surface area contributed by atoms with Gasteiger partial charge >= 0.3 is 6.18 Å². The summed E-state index contributed by atoms with van der Waals surface area (Å²) in [7, 11) is 1.76. The Balaban J connectivity index is 2.54. The average molecular weight is 275 g/mol. The third kappa shape index (κ3) is 5.96. The highest BCUT2D eigenvalue weighted by atomic mass is 19.4. The molecule has 0 aliphatic carbocycles. The van der Waals surface area contributed by atoms with E-state index < -0.39 is 12.6 Å². The van der Waals surface area contributed by atoms with Crippen LogP contribution in [0.4, 0.5) is 13.2 Å². The number of hydrogen-bond donors (Lipinski definition) is 1. The molecule has 19 heavy (non-hydrogen) atoms. The smallest absolute Gasteiger partial charge is 0.389 e. The maximum atomic E-state index is 12.1. The van der Waals surface area contributed by atoms with Crippen molar-refractivity contribution in [2.75, 3.05) is 13.7 Å². The molecule has 1 unspecified atom stereocenters. The molecule has 1 atom stereocenters. The number of halogens is 3. The molecule has 0 aromatic heterocycles. The highest BCUT2D eigenvalue weighted by Crippen LogP contribution is 2.27. The van der Waals surface area contributed by atoms with Crippen molar-refractivity contribution in [1.29, 1.82) is 0 Å². The molecule has 0 aliphatic rings. The lowest BCUT2D eigenvalue weighted by atomic mass is 10.0. The lowest BCUT2D eigenvalue weighted by Gasteiger charge is -2.17. The van der Waals surface area contributed by atoms with Gasteiger partial charge in [0.2, 0.25) is 0 Å². The van der Waals surface area contributed by atoms with Gasteiger partial charge in [0.05, 0.1) is 6.61 Å². The molecule has 0 fully saturated rings. The average Bonchev–Trinajstić information content (AvgIpc) is 2.35. The quantitative estimate of drug-likeness (QED) is 0.809. The van der Waals surface area contributed by atoms with Crippen molar-refractivity contribution in [2.45, 2.75) is 38.4 Å². The predicted molar refractivity (Wildman–Crippen MR) is 69.3 cm³/mol. The standard InChI is InChI=1S/C14H20F3NO/c1-3-19-12-8-6-11(7-9-12)13(18-2)5-4-10-14(15,16)17/h6-9,13,18H,3-5,10H2,1-2H3. The third-order valence-corrected chi connectivity index (χ3v) is 2.89. The van der Waals surface area contributed by atoms with Crippen LogP contribution in [0.5, 0.6) is 5.75 Å². The van der Waals surface area contributed by atoms with Gasteiger partial charge in [0.1, 0.15) is 5.75 Å². The Labute approximate surface area is 112 Å². The van der Waals surface area contributed by atoms with E-state index in [1.807, 2.05) is 31.2 Å². The van der Waals surface area contributed by atoms with Crippen LogP contribution in [0.2, 0.25) is 0 Å². The number of ether oxygens (including phenoxy) is 1. The van der Waals surface area contributed by atoms with E-state index >= 15 is 0 Å². The molecule has 0 saturated carbocycles. The van der Waals surface area contributed by atoms with Gasteiger partial charge in [-0.25, -0.2) is 0 Å². The van der Waals surface area contributed by atoms with Crippen molar-refractivity contribution >= 4 is 0 Å². The molecule has 0 aliphatic heterocycles. The van der Waals surface area contributed by atoms with Gasteiger partial charge in [0.15, 0.2) is 0 Å². The zero-order valence-electron chi connectivity index (χ0n) is 11.3. The van der Waals surface area contributed by atoms with Crippen molar-refractivity contribution in [3.63, 3.8) is 0 Å². The zero-order valence-corrected chi connectivity index (χ0v) is 11.3. The lowest BCUT2D eigenvalue weighted by Crippen LogP contribution is -2.17. The van der Waals surface area contributed by atoms with Crippen LogP contribution < -0.4 is 10.1 Å². The Morgan fingerprint density at radius 3 is 2.32 bits per heavy atom. The fourth-order valence-corrected chi connectivity index (χ4v) is 1.95. The molecule has 1 aromatic carbocycles. The van der Waals surface area contributed by atoms with Crippen LogP contribution >= 0.6 is 0 Å².